The molecule has 168 valence electrons. The predicted octanol–water partition coefficient (Wildman–Crippen LogP) is 9.10. The molecule has 0 saturated heterocycles. The summed E-state index contributed by atoms with van der Waals surface area (Å²) in [7, 11) is 0. The molecule has 1 aromatic heterocycles. The topological polar surface area (TPSA) is 13.1 Å². The number of hydrogen-bond acceptors (Lipinski definition) is 1. The summed E-state index contributed by atoms with van der Waals surface area (Å²) in [4.78, 5) is 0. The van der Waals surface area contributed by atoms with Gasteiger partial charge < -0.3 is 4.42 Å². The van der Waals surface area contributed by atoms with Crippen molar-refractivity contribution in [3.05, 3.63) is 94.4 Å². The molecule has 0 fully saturated rings. The quantitative estimate of drug-likeness (QED) is 0.306. The van der Waals surface area contributed by atoms with E-state index in [1.165, 1.54) is 49.9 Å². The van der Waals surface area contributed by atoms with Crippen molar-refractivity contribution in [1.82, 2.24) is 0 Å². The zero-order valence-corrected chi connectivity index (χ0v) is 21.0. The predicted molar refractivity (Wildman–Crippen MR) is 142 cm³/mol. The first kappa shape index (κ1) is 21.8. The maximum absolute atomic E-state index is 6.07. The highest BCUT2D eigenvalue weighted by atomic mass is 16.3. The van der Waals surface area contributed by atoms with Gasteiger partial charge in [0.15, 0.2) is 0 Å². The van der Waals surface area contributed by atoms with Gasteiger partial charge in [-0.25, -0.2) is 0 Å². The molecule has 0 unspecified atom stereocenters. The molecule has 33 heavy (non-hydrogen) atoms. The van der Waals surface area contributed by atoms with E-state index in [0.29, 0.717) is 0 Å². The lowest BCUT2D eigenvalue weighted by atomic mass is 9.78. The molecule has 0 atom stereocenters. The third-order valence-electron chi connectivity index (χ3n) is 7.00. The van der Waals surface area contributed by atoms with Gasteiger partial charge in [0, 0.05) is 22.8 Å². The van der Waals surface area contributed by atoms with Crippen LogP contribution in [0.25, 0.3) is 33.5 Å². The zero-order valence-electron chi connectivity index (χ0n) is 21.0. The van der Waals surface area contributed by atoms with Crippen LogP contribution in [0.3, 0.4) is 0 Å². The average molecular weight is 435 g/mol. The average Bonchev–Trinajstić information content (AvgIpc) is 3.36. The zero-order chi connectivity index (χ0) is 23.5. The molecule has 0 saturated carbocycles. The van der Waals surface area contributed by atoms with Gasteiger partial charge in [0.2, 0.25) is 0 Å². The van der Waals surface area contributed by atoms with Gasteiger partial charge in [0.05, 0.1) is 6.26 Å². The lowest BCUT2D eigenvalue weighted by molar-refractivity contribution is 0.557. The fourth-order valence-corrected chi connectivity index (χ4v) is 4.93. The Morgan fingerprint density at radius 3 is 2.12 bits per heavy atom. The van der Waals surface area contributed by atoms with Gasteiger partial charge in [0.1, 0.15) is 5.76 Å². The number of allylic oxidation sites excluding steroid dienone is 1. The van der Waals surface area contributed by atoms with Crippen LogP contribution in [0, 0.1) is 6.92 Å². The Morgan fingerprint density at radius 1 is 0.788 bits per heavy atom. The van der Waals surface area contributed by atoms with Gasteiger partial charge in [-0.3, -0.25) is 0 Å². The third-order valence-corrected chi connectivity index (χ3v) is 7.00. The number of benzene rings is 3. The van der Waals surface area contributed by atoms with Gasteiger partial charge in [-0.05, 0) is 62.8 Å². The largest absolute Gasteiger partial charge is 0.463 e. The molecule has 1 heteroatoms. The number of furan rings is 1. The number of rotatable bonds is 2. The van der Waals surface area contributed by atoms with E-state index >= 15 is 0 Å². The minimum absolute atomic E-state index is 0.0932. The van der Waals surface area contributed by atoms with Crippen LogP contribution in [0.4, 0.5) is 0 Å². The van der Waals surface area contributed by atoms with Crippen molar-refractivity contribution < 1.29 is 4.42 Å². The minimum atomic E-state index is 0.0932. The first-order valence-electron chi connectivity index (χ1n) is 12.0. The Hall–Kier alpha value is -3.06. The van der Waals surface area contributed by atoms with Crippen molar-refractivity contribution in [2.45, 2.75) is 65.7 Å². The first-order chi connectivity index (χ1) is 15.5. The van der Waals surface area contributed by atoms with E-state index in [1.54, 1.807) is 0 Å². The standard InChI is InChI=1S/C32H34O/c1-20-12-13-21-14-24(30-27-11-9-8-10-22(27)19-33-30)17-28(21)29(20)23-15-25(31(2,3)4)18-26(16-23)32(5,6)7/h8-13,15-19H,14H2,1-7H3. The summed E-state index contributed by atoms with van der Waals surface area (Å²) in [6.45, 7) is 16.1. The molecule has 4 aromatic rings. The van der Waals surface area contributed by atoms with Gasteiger partial charge in [-0.2, -0.15) is 0 Å². The van der Waals surface area contributed by atoms with Crippen molar-refractivity contribution >= 4 is 22.4 Å². The summed E-state index contributed by atoms with van der Waals surface area (Å²) in [5.41, 5.74) is 11.0. The second-order valence-corrected chi connectivity index (χ2v) is 11.6. The van der Waals surface area contributed by atoms with E-state index in [1.807, 2.05) is 6.26 Å². The van der Waals surface area contributed by atoms with Crippen molar-refractivity contribution in [3.8, 4) is 11.1 Å². The molecule has 0 aliphatic heterocycles. The second kappa shape index (κ2) is 7.48. The third kappa shape index (κ3) is 3.84. The smallest absolute Gasteiger partial charge is 0.138 e. The van der Waals surface area contributed by atoms with E-state index in [0.717, 1.165) is 17.6 Å². The lowest BCUT2D eigenvalue weighted by Crippen LogP contribution is -2.16. The van der Waals surface area contributed by atoms with E-state index in [2.05, 4.69) is 109 Å². The van der Waals surface area contributed by atoms with Crippen LogP contribution in [-0.2, 0) is 17.3 Å². The van der Waals surface area contributed by atoms with E-state index < -0.39 is 0 Å². The molecule has 3 aromatic carbocycles. The Kier molecular flexibility index (Phi) is 4.94. The Morgan fingerprint density at radius 2 is 1.45 bits per heavy atom. The van der Waals surface area contributed by atoms with E-state index in [4.69, 9.17) is 4.42 Å². The molecule has 0 bridgehead atoms. The molecule has 5 rings (SSSR count). The van der Waals surface area contributed by atoms with Crippen LogP contribution >= 0.6 is 0 Å². The van der Waals surface area contributed by atoms with Crippen molar-refractivity contribution in [2.24, 2.45) is 0 Å². The number of fused-ring (bicyclic) bond motifs is 2. The molecular formula is C32H34O. The maximum Gasteiger partial charge on any atom is 0.138 e. The number of aryl methyl sites for hydroxylation is 1. The van der Waals surface area contributed by atoms with Gasteiger partial charge in [0.25, 0.3) is 0 Å². The van der Waals surface area contributed by atoms with Crippen LogP contribution in [-0.4, -0.2) is 0 Å². The Bertz CT molecular complexity index is 1360. The van der Waals surface area contributed by atoms with Crippen LogP contribution in [0.5, 0.6) is 0 Å². The highest BCUT2D eigenvalue weighted by Crippen LogP contribution is 2.43. The molecule has 0 amide bonds. The summed E-state index contributed by atoms with van der Waals surface area (Å²) in [5, 5.41) is 2.35. The summed E-state index contributed by atoms with van der Waals surface area (Å²) in [5.74, 6) is 1.00. The molecule has 1 aliphatic rings. The number of hydrogen-bond donors (Lipinski definition) is 0. The SMILES string of the molecule is Cc1ccc2c(c1-c1cc(C(C)(C)C)cc(C(C)(C)C)c1)C=C(c1occ3ccccc13)C2. The van der Waals surface area contributed by atoms with E-state index in [-0.39, 0.29) is 10.8 Å². The summed E-state index contributed by atoms with van der Waals surface area (Å²) >= 11 is 0. The maximum atomic E-state index is 6.07. The van der Waals surface area contributed by atoms with E-state index in [9.17, 15) is 0 Å². The van der Waals surface area contributed by atoms with Crippen molar-refractivity contribution in [2.75, 3.05) is 0 Å². The van der Waals surface area contributed by atoms with Crippen molar-refractivity contribution in [3.63, 3.8) is 0 Å². The van der Waals surface area contributed by atoms with Crippen LogP contribution in [0.1, 0.15) is 75.1 Å². The second-order valence-electron chi connectivity index (χ2n) is 11.6. The molecule has 1 aliphatic carbocycles. The highest BCUT2D eigenvalue weighted by Gasteiger charge is 2.25. The Labute approximate surface area is 198 Å². The molecule has 0 spiro atoms. The summed E-state index contributed by atoms with van der Waals surface area (Å²) in [6, 6.07) is 20.2. The fraction of sp³-hybridized carbons (Fsp3) is 0.312. The normalized spacial score (nSPS) is 14.0. The van der Waals surface area contributed by atoms with Gasteiger partial charge >= 0.3 is 0 Å². The Balaban J connectivity index is 1.71. The summed E-state index contributed by atoms with van der Waals surface area (Å²) in [6.07, 6.45) is 5.15. The van der Waals surface area contributed by atoms with Crippen molar-refractivity contribution in [1.29, 1.82) is 0 Å². The van der Waals surface area contributed by atoms with Gasteiger partial charge in [-0.15, -0.1) is 0 Å². The fourth-order valence-electron chi connectivity index (χ4n) is 4.93. The molecular weight excluding hydrogens is 400 g/mol. The highest BCUT2D eigenvalue weighted by molar-refractivity contribution is 6.00. The molecule has 0 N–H and O–H groups in total. The van der Waals surface area contributed by atoms with Crippen LogP contribution < -0.4 is 0 Å². The minimum Gasteiger partial charge on any atom is -0.463 e. The monoisotopic (exact) mass is 434 g/mol. The van der Waals surface area contributed by atoms with Crippen LogP contribution in [0.2, 0.25) is 0 Å². The van der Waals surface area contributed by atoms with Gasteiger partial charge in [-0.1, -0.05) is 96.1 Å². The first-order valence-corrected chi connectivity index (χ1v) is 12.0. The summed E-state index contributed by atoms with van der Waals surface area (Å²) < 4.78 is 6.07. The lowest BCUT2D eigenvalue weighted by Gasteiger charge is -2.27. The molecule has 1 heterocycles. The van der Waals surface area contributed by atoms with Crippen LogP contribution in [0.15, 0.2) is 65.3 Å². The molecule has 0 radical (unpaired) electrons. The molecule has 1 nitrogen and oxygen atoms in total.